The van der Waals surface area contributed by atoms with Gasteiger partial charge in [0.2, 0.25) is 11.9 Å². The van der Waals surface area contributed by atoms with Crippen LogP contribution in [0, 0.1) is 0 Å². The number of benzene rings is 1. The Morgan fingerprint density at radius 3 is 2.70 bits per heavy atom. The molecule has 0 aliphatic heterocycles. The third-order valence-corrected chi connectivity index (χ3v) is 5.41. The van der Waals surface area contributed by atoms with Crippen LogP contribution in [0.3, 0.4) is 0 Å². The summed E-state index contributed by atoms with van der Waals surface area (Å²) in [5.41, 5.74) is 8.05. The molecule has 0 fully saturated rings. The number of hydrogen-bond acceptors (Lipinski definition) is 9. The molecule has 0 aliphatic rings. The number of nitrogen functional groups attached to an aromatic ring is 1. The molecule has 9 nitrogen and oxygen atoms in total. The molecule has 0 spiro atoms. The van der Waals surface area contributed by atoms with Gasteiger partial charge in [0.25, 0.3) is 0 Å². The zero-order valence-corrected chi connectivity index (χ0v) is 17.6. The molecule has 10 heteroatoms. The Morgan fingerprint density at radius 2 is 1.93 bits per heavy atom. The van der Waals surface area contributed by atoms with Crippen molar-refractivity contribution < 1.29 is 4.42 Å². The fourth-order valence-corrected chi connectivity index (χ4v) is 3.88. The monoisotopic (exact) mass is 422 g/mol. The van der Waals surface area contributed by atoms with Crippen LogP contribution in [0.15, 0.2) is 52.2 Å². The molecule has 3 N–H and O–H groups in total. The Labute approximate surface area is 178 Å². The number of rotatable bonds is 8. The van der Waals surface area contributed by atoms with Crippen LogP contribution in [0.1, 0.15) is 25.2 Å². The van der Waals surface area contributed by atoms with Crippen molar-refractivity contribution in [2.24, 2.45) is 0 Å². The SMILES string of the molecule is CCc1ccccc1Nc1nc(N)nc(CSc2nnc(-c3ccco3)n2CC)n1. The lowest BCUT2D eigenvalue weighted by molar-refractivity contribution is 0.567. The van der Waals surface area contributed by atoms with E-state index in [1.807, 2.05) is 41.8 Å². The van der Waals surface area contributed by atoms with Gasteiger partial charge in [-0.05, 0) is 37.1 Å². The van der Waals surface area contributed by atoms with Crippen molar-refractivity contribution in [3.05, 3.63) is 54.0 Å². The Kier molecular flexibility index (Phi) is 5.94. The number of anilines is 3. The van der Waals surface area contributed by atoms with E-state index in [-0.39, 0.29) is 5.95 Å². The lowest BCUT2D eigenvalue weighted by Gasteiger charge is -2.10. The predicted molar refractivity (Wildman–Crippen MR) is 116 cm³/mol. The third kappa shape index (κ3) is 4.28. The number of thioether (sulfide) groups is 1. The molecule has 0 bridgehead atoms. The summed E-state index contributed by atoms with van der Waals surface area (Å²) in [5, 5.41) is 12.6. The minimum Gasteiger partial charge on any atom is -0.461 e. The minimum absolute atomic E-state index is 0.172. The maximum atomic E-state index is 5.92. The van der Waals surface area contributed by atoms with Crippen molar-refractivity contribution in [3.8, 4) is 11.6 Å². The molecule has 0 radical (unpaired) electrons. The zero-order chi connectivity index (χ0) is 20.9. The number of nitrogens with zero attached hydrogens (tertiary/aromatic N) is 6. The zero-order valence-electron chi connectivity index (χ0n) is 16.7. The molecule has 0 saturated carbocycles. The first-order valence-electron chi connectivity index (χ1n) is 9.63. The quantitative estimate of drug-likeness (QED) is 0.407. The van der Waals surface area contributed by atoms with Gasteiger partial charge in [-0.1, -0.05) is 36.9 Å². The largest absolute Gasteiger partial charge is 0.461 e. The average molecular weight is 423 g/mol. The maximum absolute atomic E-state index is 5.92. The highest BCUT2D eigenvalue weighted by Crippen LogP contribution is 2.26. The molecule has 1 aromatic carbocycles. The summed E-state index contributed by atoms with van der Waals surface area (Å²) >= 11 is 1.49. The van der Waals surface area contributed by atoms with Crippen LogP contribution in [-0.2, 0) is 18.7 Å². The van der Waals surface area contributed by atoms with Crippen molar-refractivity contribution in [1.82, 2.24) is 29.7 Å². The molecule has 3 heterocycles. The van der Waals surface area contributed by atoms with Crippen molar-refractivity contribution in [1.29, 1.82) is 0 Å². The van der Waals surface area contributed by atoms with E-state index < -0.39 is 0 Å². The fraction of sp³-hybridized carbons (Fsp3) is 0.250. The number of nitrogens with two attached hydrogens (primary N) is 1. The van der Waals surface area contributed by atoms with Gasteiger partial charge in [-0.25, -0.2) is 0 Å². The van der Waals surface area contributed by atoms with Crippen LogP contribution in [0.25, 0.3) is 11.6 Å². The molecular weight excluding hydrogens is 400 g/mol. The summed E-state index contributed by atoms with van der Waals surface area (Å²) in [6.45, 7) is 4.85. The minimum atomic E-state index is 0.172. The van der Waals surface area contributed by atoms with E-state index in [1.54, 1.807) is 6.26 Å². The second-order valence-electron chi connectivity index (χ2n) is 6.39. The van der Waals surface area contributed by atoms with E-state index in [1.165, 1.54) is 17.3 Å². The lowest BCUT2D eigenvalue weighted by Crippen LogP contribution is -2.07. The number of hydrogen-bond donors (Lipinski definition) is 2. The summed E-state index contributed by atoms with van der Waals surface area (Å²) < 4.78 is 7.45. The van der Waals surface area contributed by atoms with Crippen LogP contribution >= 0.6 is 11.8 Å². The summed E-state index contributed by atoms with van der Waals surface area (Å²) in [6, 6.07) is 11.7. The van der Waals surface area contributed by atoms with Crippen molar-refractivity contribution in [2.45, 2.75) is 37.7 Å². The number of aromatic nitrogens is 6. The molecule has 0 amide bonds. The van der Waals surface area contributed by atoms with E-state index in [4.69, 9.17) is 10.2 Å². The summed E-state index contributed by atoms with van der Waals surface area (Å²) in [7, 11) is 0. The Balaban J connectivity index is 1.52. The van der Waals surface area contributed by atoms with Crippen LogP contribution in [0.4, 0.5) is 17.6 Å². The molecule has 0 unspecified atom stereocenters. The second kappa shape index (κ2) is 8.95. The Hall–Kier alpha value is -3.40. The van der Waals surface area contributed by atoms with E-state index >= 15 is 0 Å². The van der Waals surface area contributed by atoms with Gasteiger partial charge in [-0.15, -0.1) is 10.2 Å². The number of aryl methyl sites for hydroxylation is 1. The van der Waals surface area contributed by atoms with Gasteiger partial charge in [0, 0.05) is 12.2 Å². The second-order valence-corrected chi connectivity index (χ2v) is 7.33. The first-order chi connectivity index (χ1) is 14.7. The van der Waals surface area contributed by atoms with Gasteiger partial charge in [-0.2, -0.15) is 15.0 Å². The topological polar surface area (TPSA) is 121 Å². The highest BCUT2D eigenvalue weighted by molar-refractivity contribution is 7.98. The Morgan fingerprint density at radius 1 is 1.07 bits per heavy atom. The van der Waals surface area contributed by atoms with E-state index in [9.17, 15) is 0 Å². The highest BCUT2D eigenvalue weighted by Gasteiger charge is 2.16. The highest BCUT2D eigenvalue weighted by atomic mass is 32.2. The normalized spacial score (nSPS) is 11.0. The van der Waals surface area contributed by atoms with Crippen molar-refractivity contribution >= 4 is 29.3 Å². The number of nitrogens with one attached hydrogen (secondary N) is 1. The molecule has 4 aromatic rings. The smallest absolute Gasteiger partial charge is 0.232 e. The van der Waals surface area contributed by atoms with Gasteiger partial charge in [0.1, 0.15) is 5.82 Å². The van der Waals surface area contributed by atoms with Crippen LogP contribution < -0.4 is 11.1 Å². The molecule has 3 aromatic heterocycles. The number of furan rings is 1. The third-order valence-electron chi connectivity index (χ3n) is 4.45. The van der Waals surface area contributed by atoms with Crippen molar-refractivity contribution in [2.75, 3.05) is 11.1 Å². The number of para-hydroxylation sites is 1. The first kappa shape index (κ1) is 19.9. The van der Waals surface area contributed by atoms with Gasteiger partial charge < -0.3 is 15.5 Å². The van der Waals surface area contributed by atoms with E-state index in [0.29, 0.717) is 35.7 Å². The fourth-order valence-electron chi connectivity index (χ4n) is 3.03. The van der Waals surface area contributed by atoms with Crippen molar-refractivity contribution in [3.63, 3.8) is 0 Å². The molecule has 0 atom stereocenters. The van der Waals surface area contributed by atoms with Gasteiger partial charge in [0.15, 0.2) is 16.7 Å². The molecule has 154 valence electrons. The summed E-state index contributed by atoms with van der Waals surface area (Å²) in [6.07, 6.45) is 2.52. The molecule has 0 aliphatic carbocycles. The standard InChI is InChI=1S/C20H22N8OS/c1-3-13-8-5-6-9-14(13)22-19-24-16(23-18(21)25-19)12-30-20-27-26-17(28(20)4-2)15-10-7-11-29-15/h5-11H,3-4,12H2,1-2H3,(H3,21,22,23,24,25). The molecule has 0 saturated heterocycles. The Bertz CT molecular complexity index is 1130. The predicted octanol–water partition coefficient (Wildman–Crippen LogP) is 3.92. The van der Waals surface area contributed by atoms with E-state index in [2.05, 4.69) is 43.5 Å². The van der Waals surface area contributed by atoms with Crippen LogP contribution in [-0.4, -0.2) is 29.7 Å². The van der Waals surface area contributed by atoms with Gasteiger partial charge >= 0.3 is 0 Å². The van der Waals surface area contributed by atoms with E-state index in [0.717, 1.165) is 17.3 Å². The maximum Gasteiger partial charge on any atom is 0.232 e. The molecule has 4 rings (SSSR count). The van der Waals surface area contributed by atoms with Crippen LogP contribution in [0.5, 0.6) is 0 Å². The lowest BCUT2D eigenvalue weighted by atomic mass is 10.1. The average Bonchev–Trinajstić information content (AvgIpc) is 3.41. The molecule has 30 heavy (non-hydrogen) atoms. The first-order valence-corrected chi connectivity index (χ1v) is 10.6. The summed E-state index contributed by atoms with van der Waals surface area (Å²) in [5.74, 6) is 3.01. The summed E-state index contributed by atoms with van der Waals surface area (Å²) in [4.78, 5) is 13.0. The van der Waals surface area contributed by atoms with Gasteiger partial charge in [-0.3, -0.25) is 4.57 Å². The van der Waals surface area contributed by atoms with Gasteiger partial charge in [0.05, 0.1) is 12.0 Å². The molecular formula is C20H22N8OS. The van der Waals surface area contributed by atoms with Crippen LogP contribution in [0.2, 0.25) is 0 Å².